The molecule has 1 saturated heterocycles. The first-order valence-electron chi connectivity index (χ1n) is 6.10. The average Bonchev–Trinajstić information content (AvgIpc) is 2.86. The van der Waals surface area contributed by atoms with Gasteiger partial charge >= 0.3 is 6.09 Å². The second kappa shape index (κ2) is 6.21. The maximum absolute atomic E-state index is 13.7. The lowest BCUT2D eigenvalue weighted by Gasteiger charge is -2.17. The molecule has 0 aliphatic carbocycles. The molecule has 1 aliphatic heterocycles. The molecule has 1 heterocycles. The van der Waals surface area contributed by atoms with Gasteiger partial charge in [0.1, 0.15) is 5.82 Å². The number of hydrogen-bond acceptors (Lipinski definition) is 3. The van der Waals surface area contributed by atoms with Crippen molar-refractivity contribution in [1.29, 1.82) is 0 Å². The van der Waals surface area contributed by atoms with Crippen LogP contribution in [-0.2, 0) is 4.74 Å². The van der Waals surface area contributed by atoms with Gasteiger partial charge in [0.2, 0.25) is 0 Å². The summed E-state index contributed by atoms with van der Waals surface area (Å²) in [6.07, 6.45) is 0.0954. The number of carbonyl (C=O) groups excluding carboxylic acids is 2. The molecule has 1 aromatic carbocycles. The predicted octanol–water partition coefficient (Wildman–Crippen LogP) is 2.16. The molecule has 0 aromatic heterocycles. The topological polar surface area (TPSA) is 58.6 Å². The summed E-state index contributed by atoms with van der Waals surface area (Å²) in [4.78, 5) is 24.8. The van der Waals surface area contributed by atoms with Gasteiger partial charge < -0.3 is 15.0 Å². The summed E-state index contributed by atoms with van der Waals surface area (Å²) in [5, 5.41) is 2.63. The monoisotopic (exact) mass is 344 g/mol. The van der Waals surface area contributed by atoms with Crippen LogP contribution in [0, 0.1) is 5.82 Å². The molecule has 1 aliphatic rings. The number of amides is 2. The number of benzene rings is 1. The summed E-state index contributed by atoms with van der Waals surface area (Å²) in [5.74, 6) is -0.932. The van der Waals surface area contributed by atoms with Crippen LogP contribution in [0.4, 0.5) is 9.18 Å². The van der Waals surface area contributed by atoms with Crippen LogP contribution in [0.5, 0.6) is 0 Å². The molecule has 2 rings (SSSR count). The third-order valence-corrected chi connectivity index (χ3v) is 3.64. The van der Waals surface area contributed by atoms with Crippen LogP contribution in [-0.4, -0.2) is 43.1 Å². The second-order valence-corrected chi connectivity index (χ2v) is 5.41. The predicted molar refractivity (Wildman–Crippen MR) is 73.9 cm³/mol. The van der Waals surface area contributed by atoms with E-state index in [2.05, 4.69) is 26.0 Å². The van der Waals surface area contributed by atoms with Crippen molar-refractivity contribution < 1.29 is 18.7 Å². The zero-order valence-corrected chi connectivity index (χ0v) is 12.4. The van der Waals surface area contributed by atoms with E-state index < -0.39 is 11.9 Å². The standard InChI is InChI=1S/C13H14BrFN2O3/c1-20-13(19)16-9-4-5-17(7-9)12(18)10-3-2-8(14)6-11(10)15/h2-3,6,9H,4-5,7H2,1H3,(H,16,19). The number of nitrogens with zero attached hydrogens (tertiary/aromatic N) is 1. The summed E-state index contributed by atoms with van der Waals surface area (Å²) in [6, 6.07) is 4.16. The van der Waals surface area contributed by atoms with Gasteiger partial charge in [0.05, 0.1) is 18.7 Å². The van der Waals surface area contributed by atoms with E-state index in [1.807, 2.05) is 0 Å². The van der Waals surface area contributed by atoms with Gasteiger partial charge in [0, 0.05) is 17.6 Å². The van der Waals surface area contributed by atoms with Crippen LogP contribution in [0.2, 0.25) is 0 Å². The molecule has 1 unspecified atom stereocenters. The van der Waals surface area contributed by atoms with Gasteiger partial charge in [-0.1, -0.05) is 15.9 Å². The Morgan fingerprint density at radius 3 is 2.90 bits per heavy atom. The van der Waals surface area contributed by atoms with Crippen LogP contribution < -0.4 is 5.32 Å². The molecule has 1 N–H and O–H groups in total. The Kier molecular flexibility index (Phi) is 4.59. The third kappa shape index (κ3) is 3.27. The minimum absolute atomic E-state index is 0.0342. The summed E-state index contributed by atoms with van der Waals surface area (Å²) >= 11 is 3.15. The van der Waals surface area contributed by atoms with Crippen LogP contribution in [0.15, 0.2) is 22.7 Å². The van der Waals surface area contributed by atoms with E-state index in [1.54, 1.807) is 6.07 Å². The first-order valence-corrected chi connectivity index (χ1v) is 6.89. The highest BCUT2D eigenvalue weighted by atomic mass is 79.9. The van der Waals surface area contributed by atoms with Gasteiger partial charge in [-0.15, -0.1) is 0 Å². The van der Waals surface area contributed by atoms with E-state index in [0.717, 1.165) is 0 Å². The normalized spacial score (nSPS) is 17.9. The van der Waals surface area contributed by atoms with E-state index in [9.17, 15) is 14.0 Å². The Hall–Kier alpha value is -1.63. The van der Waals surface area contributed by atoms with Gasteiger partial charge in [-0.3, -0.25) is 4.79 Å². The molecule has 1 aromatic rings. The highest BCUT2D eigenvalue weighted by molar-refractivity contribution is 9.10. The summed E-state index contributed by atoms with van der Waals surface area (Å²) in [5.41, 5.74) is 0.0342. The third-order valence-electron chi connectivity index (χ3n) is 3.14. The average molecular weight is 345 g/mol. The second-order valence-electron chi connectivity index (χ2n) is 4.50. The number of carbonyl (C=O) groups is 2. The van der Waals surface area contributed by atoms with Crippen LogP contribution in [0.1, 0.15) is 16.8 Å². The zero-order valence-electron chi connectivity index (χ0n) is 10.9. The number of ether oxygens (including phenoxy) is 1. The largest absolute Gasteiger partial charge is 0.453 e. The fraction of sp³-hybridized carbons (Fsp3) is 0.385. The molecule has 7 heteroatoms. The van der Waals surface area contributed by atoms with Crippen molar-refractivity contribution in [2.24, 2.45) is 0 Å². The molecular formula is C13H14BrFN2O3. The Morgan fingerprint density at radius 2 is 2.25 bits per heavy atom. The molecule has 0 radical (unpaired) electrons. The molecule has 2 amide bonds. The van der Waals surface area contributed by atoms with Crippen LogP contribution in [0.3, 0.4) is 0 Å². The van der Waals surface area contributed by atoms with Gasteiger partial charge in [-0.05, 0) is 24.6 Å². The Labute approximate surface area is 124 Å². The number of hydrogen-bond donors (Lipinski definition) is 1. The minimum atomic E-state index is -0.561. The fourth-order valence-corrected chi connectivity index (χ4v) is 2.45. The van der Waals surface area contributed by atoms with Crippen LogP contribution in [0.25, 0.3) is 0 Å². The number of methoxy groups -OCH3 is 1. The Bertz CT molecular complexity index is 538. The number of rotatable bonds is 2. The van der Waals surface area contributed by atoms with Crippen LogP contribution >= 0.6 is 15.9 Å². The van der Waals surface area contributed by atoms with Crippen molar-refractivity contribution in [3.05, 3.63) is 34.1 Å². The molecule has 1 fully saturated rings. The first kappa shape index (κ1) is 14.8. The van der Waals surface area contributed by atoms with Crippen molar-refractivity contribution in [2.45, 2.75) is 12.5 Å². The number of halogens is 2. The van der Waals surface area contributed by atoms with Crippen molar-refractivity contribution in [3.8, 4) is 0 Å². The van der Waals surface area contributed by atoms with Gasteiger partial charge in [0.25, 0.3) is 5.91 Å². The Balaban J connectivity index is 2.02. The molecule has 20 heavy (non-hydrogen) atoms. The van der Waals surface area contributed by atoms with Crippen molar-refractivity contribution in [3.63, 3.8) is 0 Å². The molecule has 0 spiro atoms. The minimum Gasteiger partial charge on any atom is -0.453 e. The molecule has 0 saturated carbocycles. The smallest absolute Gasteiger partial charge is 0.407 e. The lowest BCUT2D eigenvalue weighted by Crippen LogP contribution is -2.38. The van der Waals surface area contributed by atoms with Gasteiger partial charge in [-0.2, -0.15) is 0 Å². The van der Waals surface area contributed by atoms with E-state index in [-0.39, 0.29) is 17.5 Å². The first-order chi connectivity index (χ1) is 9.51. The molecule has 5 nitrogen and oxygen atoms in total. The van der Waals surface area contributed by atoms with Crippen molar-refractivity contribution in [1.82, 2.24) is 10.2 Å². The number of likely N-dealkylation sites (tertiary alicyclic amines) is 1. The lowest BCUT2D eigenvalue weighted by molar-refractivity contribution is 0.0783. The highest BCUT2D eigenvalue weighted by Crippen LogP contribution is 2.19. The highest BCUT2D eigenvalue weighted by Gasteiger charge is 2.29. The maximum Gasteiger partial charge on any atom is 0.407 e. The Morgan fingerprint density at radius 1 is 1.50 bits per heavy atom. The summed E-state index contributed by atoms with van der Waals surface area (Å²) in [6.45, 7) is 0.826. The molecule has 108 valence electrons. The summed E-state index contributed by atoms with van der Waals surface area (Å²) < 4.78 is 18.8. The van der Waals surface area contributed by atoms with Gasteiger partial charge in [-0.25, -0.2) is 9.18 Å². The lowest BCUT2D eigenvalue weighted by atomic mass is 10.2. The number of nitrogens with one attached hydrogen (secondary N) is 1. The quantitative estimate of drug-likeness (QED) is 0.894. The molecule has 1 atom stereocenters. The zero-order chi connectivity index (χ0) is 14.7. The van der Waals surface area contributed by atoms with Crippen molar-refractivity contribution in [2.75, 3.05) is 20.2 Å². The summed E-state index contributed by atoms with van der Waals surface area (Å²) in [7, 11) is 1.28. The van der Waals surface area contributed by atoms with E-state index in [1.165, 1.54) is 24.1 Å². The molecular weight excluding hydrogens is 331 g/mol. The van der Waals surface area contributed by atoms with E-state index in [0.29, 0.717) is 24.0 Å². The van der Waals surface area contributed by atoms with E-state index >= 15 is 0 Å². The fourth-order valence-electron chi connectivity index (χ4n) is 2.12. The maximum atomic E-state index is 13.7. The van der Waals surface area contributed by atoms with Gasteiger partial charge in [0.15, 0.2) is 0 Å². The van der Waals surface area contributed by atoms with E-state index in [4.69, 9.17) is 0 Å². The SMILES string of the molecule is COC(=O)NC1CCN(C(=O)c2ccc(Br)cc2F)C1. The molecule has 0 bridgehead atoms. The van der Waals surface area contributed by atoms with Crippen molar-refractivity contribution >= 4 is 27.9 Å². The number of alkyl carbamates (subject to hydrolysis) is 1.